The van der Waals surface area contributed by atoms with Crippen molar-refractivity contribution < 1.29 is 14.3 Å². The fourth-order valence-electron chi connectivity index (χ4n) is 3.52. The number of ether oxygens (including phenoxy) is 1. The van der Waals surface area contributed by atoms with Crippen molar-refractivity contribution in [1.29, 1.82) is 0 Å². The highest BCUT2D eigenvalue weighted by Crippen LogP contribution is 2.27. The Hall–Kier alpha value is -2.31. The van der Waals surface area contributed by atoms with Crippen molar-refractivity contribution in [3.05, 3.63) is 59.7 Å². The van der Waals surface area contributed by atoms with Crippen LogP contribution in [0.15, 0.2) is 53.4 Å². The van der Waals surface area contributed by atoms with E-state index in [-0.39, 0.29) is 11.8 Å². The predicted molar refractivity (Wildman–Crippen MR) is 122 cm³/mol. The first-order valence-electron chi connectivity index (χ1n) is 10.4. The molecule has 0 saturated carbocycles. The lowest BCUT2D eigenvalue weighted by Gasteiger charge is -2.34. The standard InChI is InChI=1S/C24H30N2O3S/c1-4-30-21-11-5-18(6-12-21)17-22(27)25-20-9-7-19(8-10-20)24(2,3)23(28)26-13-15-29-16-14-26/h5-12H,4,13-17H2,1-3H3,(H,25,27). The molecule has 1 aliphatic rings. The van der Waals surface area contributed by atoms with Gasteiger partial charge in [-0.2, -0.15) is 0 Å². The van der Waals surface area contributed by atoms with E-state index in [2.05, 4.69) is 24.4 Å². The maximum absolute atomic E-state index is 13.0. The third kappa shape index (κ3) is 5.64. The minimum atomic E-state index is -0.627. The molecule has 6 heteroatoms. The monoisotopic (exact) mass is 426 g/mol. The van der Waals surface area contributed by atoms with E-state index in [1.54, 1.807) is 11.8 Å². The highest BCUT2D eigenvalue weighted by Gasteiger charge is 2.34. The number of nitrogens with one attached hydrogen (secondary N) is 1. The lowest BCUT2D eigenvalue weighted by molar-refractivity contribution is -0.140. The second-order valence-electron chi connectivity index (χ2n) is 7.91. The molecule has 30 heavy (non-hydrogen) atoms. The summed E-state index contributed by atoms with van der Waals surface area (Å²) in [6.07, 6.45) is 0.333. The molecule has 1 aliphatic heterocycles. The van der Waals surface area contributed by atoms with Gasteiger partial charge in [-0.25, -0.2) is 0 Å². The molecule has 1 heterocycles. The summed E-state index contributed by atoms with van der Waals surface area (Å²) in [7, 11) is 0. The fourth-order valence-corrected chi connectivity index (χ4v) is 4.18. The Morgan fingerprint density at radius 2 is 1.67 bits per heavy atom. The molecule has 5 nitrogen and oxygen atoms in total. The summed E-state index contributed by atoms with van der Waals surface area (Å²) in [5.74, 6) is 1.08. The van der Waals surface area contributed by atoms with Gasteiger partial charge >= 0.3 is 0 Å². The zero-order chi connectivity index (χ0) is 21.6. The van der Waals surface area contributed by atoms with E-state index >= 15 is 0 Å². The van der Waals surface area contributed by atoms with Crippen LogP contribution in [0.2, 0.25) is 0 Å². The number of carbonyl (C=O) groups is 2. The number of rotatable bonds is 7. The van der Waals surface area contributed by atoms with Crippen molar-refractivity contribution in [2.45, 2.75) is 37.5 Å². The Kier molecular flexibility index (Phi) is 7.56. The summed E-state index contributed by atoms with van der Waals surface area (Å²) in [4.78, 5) is 28.4. The van der Waals surface area contributed by atoms with Gasteiger partial charge in [-0.15, -0.1) is 11.8 Å². The molecule has 0 spiro atoms. The first kappa shape index (κ1) is 22.4. The van der Waals surface area contributed by atoms with E-state index in [4.69, 9.17) is 4.74 Å². The molecule has 0 aromatic heterocycles. The zero-order valence-electron chi connectivity index (χ0n) is 17.9. The second-order valence-corrected chi connectivity index (χ2v) is 9.25. The Morgan fingerprint density at radius 3 is 2.27 bits per heavy atom. The first-order chi connectivity index (χ1) is 14.4. The molecular weight excluding hydrogens is 396 g/mol. The smallest absolute Gasteiger partial charge is 0.232 e. The maximum Gasteiger partial charge on any atom is 0.232 e. The molecule has 3 rings (SSSR count). The Morgan fingerprint density at radius 1 is 1.03 bits per heavy atom. The van der Waals surface area contributed by atoms with Gasteiger partial charge in [0.1, 0.15) is 0 Å². The summed E-state index contributed by atoms with van der Waals surface area (Å²) >= 11 is 1.79. The molecule has 1 saturated heterocycles. The number of hydrogen-bond acceptors (Lipinski definition) is 4. The largest absolute Gasteiger partial charge is 0.378 e. The number of nitrogens with zero attached hydrogens (tertiary/aromatic N) is 1. The lowest BCUT2D eigenvalue weighted by Crippen LogP contribution is -2.48. The minimum absolute atomic E-state index is 0.0534. The summed E-state index contributed by atoms with van der Waals surface area (Å²) in [5.41, 5.74) is 2.03. The number of thioether (sulfide) groups is 1. The van der Waals surface area contributed by atoms with Gasteiger partial charge in [0, 0.05) is 23.7 Å². The maximum atomic E-state index is 13.0. The molecule has 0 unspecified atom stereocenters. The van der Waals surface area contributed by atoms with Gasteiger partial charge < -0.3 is 15.0 Å². The van der Waals surface area contributed by atoms with Gasteiger partial charge in [0.15, 0.2) is 0 Å². The molecule has 1 N–H and O–H groups in total. The topological polar surface area (TPSA) is 58.6 Å². The number of anilines is 1. The average molecular weight is 427 g/mol. The van der Waals surface area contributed by atoms with Crippen LogP contribution in [0.5, 0.6) is 0 Å². The van der Waals surface area contributed by atoms with Crippen LogP contribution >= 0.6 is 11.8 Å². The molecule has 2 aromatic carbocycles. The normalized spacial score (nSPS) is 14.4. The third-order valence-corrected chi connectivity index (χ3v) is 6.22. The van der Waals surface area contributed by atoms with Crippen LogP contribution in [0.25, 0.3) is 0 Å². The van der Waals surface area contributed by atoms with E-state index in [1.165, 1.54) is 4.90 Å². The van der Waals surface area contributed by atoms with Gasteiger partial charge in [0.05, 0.1) is 25.0 Å². The van der Waals surface area contributed by atoms with E-state index in [9.17, 15) is 9.59 Å². The van der Waals surface area contributed by atoms with Crippen LogP contribution in [-0.2, 0) is 26.2 Å². The summed E-state index contributed by atoms with van der Waals surface area (Å²) in [5, 5.41) is 2.95. The van der Waals surface area contributed by atoms with Crippen LogP contribution in [0.3, 0.4) is 0 Å². The SMILES string of the molecule is CCSc1ccc(CC(=O)Nc2ccc(C(C)(C)C(=O)N3CCOCC3)cc2)cc1. The van der Waals surface area contributed by atoms with Crippen LogP contribution < -0.4 is 5.32 Å². The number of amides is 2. The van der Waals surface area contributed by atoms with E-state index in [0.29, 0.717) is 32.7 Å². The summed E-state index contributed by atoms with van der Waals surface area (Å²) in [6, 6.07) is 15.7. The summed E-state index contributed by atoms with van der Waals surface area (Å²) in [6.45, 7) is 8.46. The molecule has 0 bridgehead atoms. The van der Waals surface area contributed by atoms with Crippen molar-refractivity contribution in [2.24, 2.45) is 0 Å². The fraction of sp³-hybridized carbons (Fsp3) is 0.417. The molecule has 0 atom stereocenters. The number of hydrogen-bond donors (Lipinski definition) is 1. The Labute approximate surface area is 183 Å². The van der Waals surface area contributed by atoms with Crippen LogP contribution in [0.1, 0.15) is 31.9 Å². The van der Waals surface area contributed by atoms with Crippen molar-refractivity contribution in [3.63, 3.8) is 0 Å². The molecule has 0 aliphatic carbocycles. The minimum Gasteiger partial charge on any atom is -0.378 e. The van der Waals surface area contributed by atoms with Gasteiger partial charge in [-0.3, -0.25) is 9.59 Å². The Bertz CT molecular complexity index is 857. The molecule has 1 fully saturated rings. The molecule has 160 valence electrons. The van der Waals surface area contributed by atoms with Crippen LogP contribution in [-0.4, -0.2) is 48.8 Å². The van der Waals surface area contributed by atoms with Crippen molar-refractivity contribution in [2.75, 3.05) is 37.4 Å². The highest BCUT2D eigenvalue weighted by molar-refractivity contribution is 7.99. The predicted octanol–water partition coefficient (Wildman–Crippen LogP) is 4.12. The molecular formula is C24H30N2O3S. The highest BCUT2D eigenvalue weighted by atomic mass is 32.2. The number of benzene rings is 2. The van der Waals surface area contributed by atoms with E-state index in [1.807, 2.05) is 55.1 Å². The molecule has 2 amide bonds. The van der Waals surface area contributed by atoms with Crippen molar-refractivity contribution in [1.82, 2.24) is 4.90 Å². The van der Waals surface area contributed by atoms with Gasteiger partial charge in [0.25, 0.3) is 0 Å². The quantitative estimate of drug-likeness (QED) is 0.677. The molecule has 2 aromatic rings. The zero-order valence-corrected chi connectivity index (χ0v) is 18.8. The van der Waals surface area contributed by atoms with Crippen LogP contribution in [0, 0.1) is 0 Å². The number of carbonyl (C=O) groups excluding carboxylic acids is 2. The van der Waals surface area contributed by atoms with Crippen LogP contribution in [0.4, 0.5) is 5.69 Å². The number of morpholine rings is 1. The first-order valence-corrected chi connectivity index (χ1v) is 11.4. The van der Waals surface area contributed by atoms with Crippen molar-refractivity contribution in [3.8, 4) is 0 Å². The second kappa shape index (κ2) is 10.1. The third-order valence-electron chi connectivity index (χ3n) is 5.32. The van der Waals surface area contributed by atoms with E-state index < -0.39 is 5.41 Å². The summed E-state index contributed by atoms with van der Waals surface area (Å²) < 4.78 is 5.34. The van der Waals surface area contributed by atoms with Crippen molar-refractivity contribution >= 4 is 29.3 Å². The Balaban J connectivity index is 1.59. The van der Waals surface area contributed by atoms with Gasteiger partial charge in [-0.1, -0.05) is 31.2 Å². The van der Waals surface area contributed by atoms with E-state index in [0.717, 1.165) is 22.6 Å². The average Bonchev–Trinajstić information content (AvgIpc) is 2.75. The van der Waals surface area contributed by atoms with Gasteiger partial charge in [-0.05, 0) is 55.0 Å². The lowest BCUT2D eigenvalue weighted by atomic mass is 9.83. The van der Waals surface area contributed by atoms with Gasteiger partial charge in [0.2, 0.25) is 11.8 Å². The molecule has 0 radical (unpaired) electrons.